The van der Waals surface area contributed by atoms with Gasteiger partial charge in [0, 0.05) is 6.04 Å². The molecule has 94 valence electrons. The van der Waals surface area contributed by atoms with Crippen LogP contribution in [-0.2, 0) is 0 Å². The minimum atomic E-state index is -0.192. The first-order valence-electron chi connectivity index (χ1n) is 6.19. The Balaban J connectivity index is 2.75. The van der Waals surface area contributed by atoms with Gasteiger partial charge in [0.2, 0.25) is 0 Å². The molecular formula is C14H21NO2. The number of aryl methyl sites for hydroxylation is 1. The quantitative estimate of drug-likeness (QED) is 0.824. The molecule has 0 radical (unpaired) electrons. The highest BCUT2D eigenvalue weighted by molar-refractivity contribution is 5.97. The van der Waals surface area contributed by atoms with Crippen molar-refractivity contribution in [1.29, 1.82) is 0 Å². The topological polar surface area (TPSA) is 49.3 Å². The monoisotopic (exact) mass is 235 g/mol. The number of phenolic OH excluding ortho intramolecular Hbond substituents is 1. The van der Waals surface area contributed by atoms with E-state index in [1.165, 1.54) is 0 Å². The van der Waals surface area contributed by atoms with Crippen molar-refractivity contribution in [1.82, 2.24) is 5.32 Å². The number of nitrogens with one attached hydrogen (secondary N) is 1. The van der Waals surface area contributed by atoms with Crippen LogP contribution in [-0.4, -0.2) is 17.1 Å². The fraction of sp³-hybridized carbons (Fsp3) is 0.500. The maximum atomic E-state index is 11.9. The summed E-state index contributed by atoms with van der Waals surface area (Å²) in [5, 5.41) is 12.7. The van der Waals surface area contributed by atoms with E-state index in [1.807, 2.05) is 13.0 Å². The van der Waals surface area contributed by atoms with E-state index in [1.54, 1.807) is 12.1 Å². The normalized spacial score (nSPS) is 12.2. The lowest BCUT2D eigenvalue weighted by Gasteiger charge is -2.16. The highest BCUT2D eigenvalue weighted by Gasteiger charge is 2.14. The Hall–Kier alpha value is -1.51. The molecule has 0 saturated carbocycles. The fourth-order valence-electron chi connectivity index (χ4n) is 1.82. The van der Waals surface area contributed by atoms with Gasteiger partial charge in [-0.05, 0) is 37.5 Å². The number of benzene rings is 1. The summed E-state index contributed by atoms with van der Waals surface area (Å²) in [6.45, 7) is 6.03. The van der Waals surface area contributed by atoms with Gasteiger partial charge in [-0.1, -0.05) is 26.3 Å². The second kappa shape index (κ2) is 6.28. The van der Waals surface area contributed by atoms with Gasteiger partial charge >= 0.3 is 0 Å². The van der Waals surface area contributed by atoms with Gasteiger partial charge in [0.1, 0.15) is 5.75 Å². The lowest BCUT2D eigenvalue weighted by atomic mass is 10.1. The summed E-state index contributed by atoms with van der Waals surface area (Å²) >= 11 is 0. The minimum Gasteiger partial charge on any atom is -0.507 e. The van der Waals surface area contributed by atoms with Crippen molar-refractivity contribution < 1.29 is 9.90 Å². The van der Waals surface area contributed by atoms with E-state index in [4.69, 9.17) is 0 Å². The summed E-state index contributed by atoms with van der Waals surface area (Å²) in [5.41, 5.74) is 1.30. The number of carbonyl (C=O) groups is 1. The molecule has 3 heteroatoms. The maximum absolute atomic E-state index is 11.9. The predicted molar refractivity (Wildman–Crippen MR) is 69.3 cm³/mol. The minimum absolute atomic E-state index is 0.0499. The molecule has 3 nitrogen and oxygen atoms in total. The SMILES string of the molecule is CCCC(CC)NC(=O)c1ccc(C)cc1O. The Bertz CT molecular complexity index is 388. The van der Waals surface area contributed by atoms with E-state index in [9.17, 15) is 9.90 Å². The zero-order chi connectivity index (χ0) is 12.8. The third-order valence-corrected chi connectivity index (χ3v) is 2.86. The Morgan fingerprint density at radius 2 is 2.12 bits per heavy atom. The number of amides is 1. The number of aromatic hydroxyl groups is 1. The van der Waals surface area contributed by atoms with Crippen LogP contribution in [0.1, 0.15) is 49.0 Å². The van der Waals surface area contributed by atoms with Crippen molar-refractivity contribution in [2.75, 3.05) is 0 Å². The average Bonchev–Trinajstić information content (AvgIpc) is 2.28. The zero-order valence-corrected chi connectivity index (χ0v) is 10.8. The van der Waals surface area contributed by atoms with Gasteiger partial charge in [-0.2, -0.15) is 0 Å². The van der Waals surface area contributed by atoms with E-state index in [0.717, 1.165) is 24.8 Å². The molecule has 0 aliphatic rings. The van der Waals surface area contributed by atoms with Crippen LogP contribution in [0.2, 0.25) is 0 Å². The molecular weight excluding hydrogens is 214 g/mol. The van der Waals surface area contributed by atoms with Crippen molar-refractivity contribution in [2.24, 2.45) is 0 Å². The Morgan fingerprint density at radius 3 is 2.65 bits per heavy atom. The van der Waals surface area contributed by atoms with Crippen LogP contribution in [0.4, 0.5) is 0 Å². The molecule has 0 bridgehead atoms. The maximum Gasteiger partial charge on any atom is 0.255 e. The van der Waals surface area contributed by atoms with Crippen LogP contribution >= 0.6 is 0 Å². The molecule has 0 spiro atoms. The largest absolute Gasteiger partial charge is 0.507 e. The molecule has 0 aliphatic heterocycles. The molecule has 1 aromatic rings. The van der Waals surface area contributed by atoms with Crippen molar-refractivity contribution >= 4 is 5.91 Å². The van der Waals surface area contributed by atoms with Gasteiger partial charge in [-0.25, -0.2) is 0 Å². The van der Waals surface area contributed by atoms with Crippen molar-refractivity contribution in [3.05, 3.63) is 29.3 Å². The van der Waals surface area contributed by atoms with E-state index in [2.05, 4.69) is 19.2 Å². The summed E-state index contributed by atoms with van der Waals surface area (Å²) < 4.78 is 0. The molecule has 2 N–H and O–H groups in total. The molecule has 0 aromatic heterocycles. The van der Waals surface area contributed by atoms with Crippen molar-refractivity contribution in [3.8, 4) is 5.75 Å². The Labute approximate surface area is 103 Å². The van der Waals surface area contributed by atoms with Gasteiger partial charge in [0.15, 0.2) is 0 Å². The van der Waals surface area contributed by atoms with Crippen LogP contribution in [0, 0.1) is 6.92 Å². The van der Waals surface area contributed by atoms with Crippen LogP contribution < -0.4 is 5.32 Å². The predicted octanol–water partition coefficient (Wildman–Crippen LogP) is 3.01. The molecule has 1 unspecified atom stereocenters. The highest BCUT2D eigenvalue weighted by atomic mass is 16.3. The van der Waals surface area contributed by atoms with Gasteiger partial charge in [-0.3, -0.25) is 4.79 Å². The van der Waals surface area contributed by atoms with E-state index >= 15 is 0 Å². The van der Waals surface area contributed by atoms with E-state index in [-0.39, 0.29) is 17.7 Å². The first-order valence-corrected chi connectivity index (χ1v) is 6.19. The molecule has 1 rings (SSSR count). The number of rotatable bonds is 5. The molecule has 0 fully saturated rings. The summed E-state index contributed by atoms with van der Waals surface area (Å²) in [6, 6.07) is 5.29. The zero-order valence-electron chi connectivity index (χ0n) is 10.8. The van der Waals surface area contributed by atoms with Gasteiger partial charge in [0.25, 0.3) is 5.91 Å². The van der Waals surface area contributed by atoms with Gasteiger partial charge in [0.05, 0.1) is 5.56 Å². The molecule has 0 saturated heterocycles. The highest BCUT2D eigenvalue weighted by Crippen LogP contribution is 2.18. The first-order chi connectivity index (χ1) is 8.08. The number of hydrogen-bond donors (Lipinski definition) is 2. The van der Waals surface area contributed by atoms with E-state index in [0.29, 0.717) is 5.56 Å². The third kappa shape index (κ3) is 3.77. The third-order valence-electron chi connectivity index (χ3n) is 2.86. The van der Waals surface area contributed by atoms with E-state index < -0.39 is 0 Å². The lowest BCUT2D eigenvalue weighted by molar-refractivity contribution is 0.0931. The summed E-state index contributed by atoms with van der Waals surface area (Å²) in [5.74, 6) is -0.142. The van der Waals surface area contributed by atoms with Crippen LogP contribution in [0.25, 0.3) is 0 Å². The number of hydrogen-bond acceptors (Lipinski definition) is 2. The van der Waals surface area contributed by atoms with Crippen molar-refractivity contribution in [2.45, 2.75) is 46.1 Å². The van der Waals surface area contributed by atoms with Gasteiger partial charge < -0.3 is 10.4 Å². The molecule has 1 amide bonds. The molecule has 0 aliphatic carbocycles. The molecule has 17 heavy (non-hydrogen) atoms. The van der Waals surface area contributed by atoms with Crippen LogP contribution in [0.5, 0.6) is 5.75 Å². The number of phenols is 1. The van der Waals surface area contributed by atoms with Crippen LogP contribution in [0.15, 0.2) is 18.2 Å². The Morgan fingerprint density at radius 1 is 1.41 bits per heavy atom. The lowest BCUT2D eigenvalue weighted by Crippen LogP contribution is -2.34. The summed E-state index contributed by atoms with van der Waals surface area (Å²) in [6.07, 6.45) is 2.92. The summed E-state index contributed by atoms with van der Waals surface area (Å²) in [7, 11) is 0. The first kappa shape index (κ1) is 13.6. The van der Waals surface area contributed by atoms with Gasteiger partial charge in [-0.15, -0.1) is 0 Å². The standard InChI is InChI=1S/C14H21NO2/c1-4-6-11(5-2)15-14(17)12-8-7-10(3)9-13(12)16/h7-9,11,16H,4-6H2,1-3H3,(H,15,17). The Kier molecular flexibility index (Phi) is 5.01. The second-order valence-electron chi connectivity index (χ2n) is 4.39. The summed E-state index contributed by atoms with van der Waals surface area (Å²) in [4.78, 5) is 11.9. The molecule has 1 atom stereocenters. The average molecular weight is 235 g/mol. The number of carbonyl (C=O) groups excluding carboxylic acids is 1. The second-order valence-corrected chi connectivity index (χ2v) is 4.39. The van der Waals surface area contributed by atoms with Crippen molar-refractivity contribution in [3.63, 3.8) is 0 Å². The fourth-order valence-corrected chi connectivity index (χ4v) is 1.82. The van der Waals surface area contributed by atoms with Crippen LogP contribution in [0.3, 0.4) is 0 Å². The molecule has 1 aromatic carbocycles. The smallest absolute Gasteiger partial charge is 0.255 e. The molecule has 0 heterocycles.